The fraction of sp³-hybridized carbons (Fsp3) is 0.500. The van der Waals surface area contributed by atoms with Crippen molar-refractivity contribution in [3.8, 4) is 0 Å². The van der Waals surface area contributed by atoms with Gasteiger partial charge in [0.1, 0.15) is 0 Å². The van der Waals surface area contributed by atoms with E-state index in [2.05, 4.69) is 6.58 Å². The lowest BCUT2D eigenvalue weighted by Gasteiger charge is -2.08. The molecule has 1 atom stereocenters. The molecule has 10 heavy (non-hydrogen) atoms. The van der Waals surface area contributed by atoms with Crippen LogP contribution in [0.4, 0.5) is 0 Å². The number of carbonyl (C=O) groups is 1. The average molecular weight is 160 g/mol. The summed E-state index contributed by atoms with van der Waals surface area (Å²) in [4.78, 5) is 10.5. The third-order valence-electron chi connectivity index (χ3n) is 0.850. The predicted octanol–water partition coefficient (Wildman–Crippen LogP) is 0.602. The summed E-state index contributed by atoms with van der Waals surface area (Å²) in [5.41, 5.74) is 0. The van der Waals surface area contributed by atoms with Crippen LogP contribution in [0.1, 0.15) is 6.92 Å². The van der Waals surface area contributed by atoms with Gasteiger partial charge in [-0.3, -0.25) is 0 Å². The van der Waals surface area contributed by atoms with Gasteiger partial charge in [-0.2, -0.15) is 0 Å². The van der Waals surface area contributed by atoms with Gasteiger partial charge in [0.05, 0.1) is 0 Å². The molecular formula is C6H12O3Si. The molecule has 0 rings (SSSR count). The summed E-state index contributed by atoms with van der Waals surface area (Å²) in [6, 6.07) is 0. The summed E-state index contributed by atoms with van der Waals surface area (Å²) in [6.07, 6.45) is 1.14. The third-order valence-corrected chi connectivity index (χ3v) is 2.22. The predicted molar refractivity (Wildman–Crippen MR) is 40.9 cm³/mol. The molecule has 0 aromatic rings. The smallest absolute Gasteiger partial charge is 0.382 e. The summed E-state index contributed by atoms with van der Waals surface area (Å²) < 4.78 is 9.86. The highest BCUT2D eigenvalue weighted by Crippen LogP contribution is 1.89. The maximum atomic E-state index is 10.5. The molecule has 3 nitrogen and oxygen atoms in total. The van der Waals surface area contributed by atoms with Crippen LogP contribution in [0.15, 0.2) is 12.7 Å². The largest absolute Gasteiger partial charge is 0.494 e. The minimum atomic E-state index is -1.70. The van der Waals surface area contributed by atoms with Gasteiger partial charge in [0.15, 0.2) is 0 Å². The van der Waals surface area contributed by atoms with Gasteiger partial charge in [0.2, 0.25) is 0 Å². The van der Waals surface area contributed by atoms with E-state index < -0.39 is 15.3 Å². The van der Waals surface area contributed by atoms with E-state index in [1.54, 1.807) is 6.55 Å². The Kier molecular flexibility index (Phi) is 4.88. The molecule has 58 valence electrons. The first-order chi connectivity index (χ1) is 4.70. The Morgan fingerprint density at radius 3 is 2.80 bits per heavy atom. The van der Waals surface area contributed by atoms with Crippen molar-refractivity contribution in [2.75, 3.05) is 6.61 Å². The molecule has 0 heterocycles. The quantitative estimate of drug-likeness (QED) is 0.446. The van der Waals surface area contributed by atoms with Gasteiger partial charge >= 0.3 is 15.3 Å². The van der Waals surface area contributed by atoms with E-state index in [1.165, 1.54) is 0 Å². The number of rotatable bonds is 4. The summed E-state index contributed by atoms with van der Waals surface area (Å²) >= 11 is 0. The van der Waals surface area contributed by atoms with Crippen molar-refractivity contribution >= 4 is 15.3 Å². The standard InChI is InChI=1S/C6H12O3Si/c1-4-6(7)9-10(3)8-5-2/h4,10H,1,5H2,2-3H3. The van der Waals surface area contributed by atoms with Crippen molar-refractivity contribution in [2.45, 2.75) is 13.5 Å². The highest BCUT2D eigenvalue weighted by atomic mass is 28.3. The van der Waals surface area contributed by atoms with Crippen LogP contribution in [-0.4, -0.2) is 21.9 Å². The molecule has 0 radical (unpaired) electrons. The molecule has 0 aromatic heterocycles. The van der Waals surface area contributed by atoms with Crippen LogP contribution in [0.2, 0.25) is 6.55 Å². The summed E-state index contributed by atoms with van der Waals surface area (Å²) in [5.74, 6) is -0.396. The van der Waals surface area contributed by atoms with Crippen LogP contribution in [0.25, 0.3) is 0 Å². The van der Waals surface area contributed by atoms with Gasteiger partial charge in [-0.25, -0.2) is 4.79 Å². The van der Waals surface area contributed by atoms with Crippen molar-refractivity contribution in [1.29, 1.82) is 0 Å². The average Bonchev–Trinajstić information content (AvgIpc) is 1.88. The van der Waals surface area contributed by atoms with Crippen LogP contribution in [0, 0.1) is 0 Å². The highest BCUT2D eigenvalue weighted by molar-refractivity contribution is 6.45. The SMILES string of the molecule is C=CC(=O)O[SiH](C)OCC. The first-order valence-corrected chi connectivity index (χ1v) is 5.25. The maximum absolute atomic E-state index is 10.5. The van der Waals surface area contributed by atoms with Gasteiger partial charge in [-0.1, -0.05) is 6.58 Å². The minimum absolute atomic E-state index is 0.396. The Labute approximate surface area is 62.5 Å². The molecule has 0 aliphatic heterocycles. The van der Waals surface area contributed by atoms with Gasteiger partial charge in [0, 0.05) is 12.7 Å². The molecule has 4 heteroatoms. The molecule has 1 unspecified atom stereocenters. The molecule has 0 aromatic carbocycles. The summed E-state index contributed by atoms with van der Waals surface area (Å²) in [6.45, 7) is 7.52. The second-order valence-corrected chi connectivity index (χ2v) is 3.37. The molecule has 0 bridgehead atoms. The number of carbonyl (C=O) groups excluding carboxylic acids is 1. The number of hydrogen-bond acceptors (Lipinski definition) is 3. The van der Waals surface area contributed by atoms with E-state index in [9.17, 15) is 4.79 Å². The lowest BCUT2D eigenvalue weighted by molar-refractivity contribution is -0.130. The normalized spacial score (nSPS) is 12.2. The van der Waals surface area contributed by atoms with Crippen molar-refractivity contribution < 1.29 is 13.6 Å². The van der Waals surface area contributed by atoms with Crippen LogP contribution in [-0.2, 0) is 13.6 Å². The van der Waals surface area contributed by atoms with E-state index in [4.69, 9.17) is 8.85 Å². The molecule has 0 fully saturated rings. The van der Waals surface area contributed by atoms with E-state index >= 15 is 0 Å². The zero-order valence-corrected chi connectivity index (χ0v) is 7.45. The van der Waals surface area contributed by atoms with Crippen molar-refractivity contribution in [3.63, 3.8) is 0 Å². The lowest BCUT2D eigenvalue weighted by atomic mass is 10.7. The second kappa shape index (κ2) is 5.19. The van der Waals surface area contributed by atoms with Crippen molar-refractivity contribution in [2.24, 2.45) is 0 Å². The fourth-order valence-electron chi connectivity index (χ4n) is 0.480. The Bertz CT molecular complexity index is 124. The molecular weight excluding hydrogens is 148 g/mol. The Morgan fingerprint density at radius 1 is 1.80 bits per heavy atom. The number of hydrogen-bond donors (Lipinski definition) is 0. The molecule has 0 spiro atoms. The van der Waals surface area contributed by atoms with Gasteiger partial charge in [-0.15, -0.1) is 0 Å². The maximum Gasteiger partial charge on any atom is 0.382 e. The van der Waals surface area contributed by atoms with E-state index in [0.29, 0.717) is 6.61 Å². The summed E-state index contributed by atoms with van der Waals surface area (Å²) in [5, 5.41) is 0. The zero-order valence-electron chi connectivity index (χ0n) is 6.29. The van der Waals surface area contributed by atoms with E-state index in [1.807, 2.05) is 6.92 Å². The Morgan fingerprint density at radius 2 is 2.40 bits per heavy atom. The zero-order chi connectivity index (χ0) is 7.98. The lowest BCUT2D eigenvalue weighted by Crippen LogP contribution is -2.21. The molecule has 0 aliphatic rings. The monoisotopic (exact) mass is 160 g/mol. The first-order valence-electron chi connectivity index (χ1n) is 3.15. The van der Waals surface area contributed by atoms with E-state index in [-0.39, 0.29) is 0 Å². The second-order valence-electron chi connectivity index (χ2n) is 1.66. The Hall–Kier alpha value is -0.613. The van der Waals surface area contributed by atoms with Crippen LogP contribution in [0.3, 0.4) is 0 Å². The molecule has 0 saturated carbocycles. The van der Waals surface area contributed by atoms with Crippen LogP contribution < -0.4 is 0 Å². The topological polar surface area (TPSA) is 35.5 Å². The van der Waals surface area contributed by atoms with E-state index in [0.717, 1.165) is 6.08 Å². The molecule has 0 N–H and O–H groups in total. The van der Waals surface area contributed by atoms with Crippen LogP contribution in [0.5, 0.6) is 0 Å². The third kappa shape index (κ3) is 4.28. The van der Waals surface area contributed by atoms with Crippen LogP contribution >= 0.6 is 0 Å². The highest BCUT2D eigenvalue weighted by Gasteiger charge is 2.07. The fourth-order valence-corrected chi connectivity index (χ4v) is 1.44. The Balaban J connectivity index is 3.46. The van der Waals surface area contributed by atoms with Gasteiger partial charge < -0.3 is 8.85 Å². The first kappa shape index (κ1) is 9.39. The summed E-state index contributed by atoms with van der Waals surface area (Å²) in [7, 11) is -1.70. The molecule has 0 saturated heterocycles. The molecule has 0 aliphatic carbocycles. The van der Waals surface area contributed by atoms with Crippen molar-refractivity contribution in [1.82, 2.24) is 0 Å². The van der Waals surface area contributed by atoms with Gasteiger partial charge in [0.25, 0.3) is 0 Å². The van der Waals surface area contributed by atoms with Gasteiger partial charge in [-0.05, 0) is 13.5 Å². The minimum Gasteiger partial charge on any atom is -0.494 e. The molecule has 0 amide bonds. The van der Waals surface area contributed by atoms with Crippen molar-refractivity contribution in [3.05, 3.63) is 12.7 Å².